The summed E-state index contributed by atoms with van der Waals surface area (Å²) in [7, 11) is 0. The molecule has 2 atom stereocenters. The van der Waals surface area contributed by atoms with Gasteiger partial charge in [-0.05, 0) is 75.8 Å². The SMILES string of the molecule is C[C@H]1CCCN1[C@H]1CCN(c2ccc(C(=O)NCC3CCOCC3)cc2)C1. The number of rotatable bonds is 5. The van der Waals surface area contributed by atoms with Gasteiger partial charge in [-0.3, -0.25) is 9.69 Å². The molecule has 0 saturated carbocycles. The van der Waals surface area contributed by atoms with Gasteiger partial charge in [0, 0.05) is 56.2 Å². The highest BCUT2D eigenvalue weighted by atomic mass is 16.5. The van der Waals surface area contributed by atoms with Crippen LogP contribution in [0.4, 0.5) is 5.69 Å². The first-order valence-corrected chi connectivity index (χ1v) is 10.7. The number of hydrogen-bond donors (Lipinski definition) is 1. The van der Waals surface area contributed by atoms with Gasteiger partial charge in [0.25, 0.3) is 5.91 Å². The number of anilines is 1. The Kier molecular flexibility index (Phi) is 5.98. The highest BCUT2D eigenvalue weighted by molar-refractivity contribution is 5.94. The summed E-state index contributed by atoms with van der Waals surface area (Å²) < 4.78 is 5.38. The summed E-state index contributed by atoms with van der Waals surface area (Å²) in [6, 6.07) is 9.58. The molecule has 1 aromatic carbocycles. The summed E-state index contributed by atoms with van der Waals surface area (Å²) in [5.41, 5.74) is 2.00. The molecule has 3 saturated heterocycles. The van der Waals surface area contributed by atoms with Gasteiger partial charge in [-0.15, -0.1) is 0 Å². The van der Waals surface area contributed by atoms with Crippen LogP contribution in [-0.4, -0.2) is 62.3 Å². The predicted octanol–water partition coefficient (Wildman–Crippen LogP) is 2.91. The van der Waals surface area contributed by atoms with Crippen LogP contribution in [0.5, 0.6) is 0 Å². The number of benzene rings is 1. The maximum atomic E-state index is 12.4. The molecule has 0 aromatic heterocycles. The zero-order valence-electron chi connectivity index (χ0n) is 16.5. The summed E-state index contributed by atoms with van der Waals surface area (Å²) in [5, 5.41) is 3.09. The molecule has 3 fully saturated rings. The van der Waals surface area contributed by atoms with Gasteiger partial charge in [0.2, 0.25) is 0 Å². The number of nitrogens with zero attached hydrogens (tertiary/aromatic N) is 2. The van der Waals surface area contributed by atoms with Gasteiger partial charge in [0.15, 0.2) is 0 Å². The molecule has 3 heterocycles. The van der Waals surface area contributed by atoms with Gasteiger partial charge in [-0.1, -0.05) is 0 Å². The van der Waals surface area contributed by atoms with Crippen molar-refractivity contribution in [3.05, 3.63) is 29.8 Å². The van der Waals surface area contributed by atoms with E-state index < -0.39 is 0 Å². The van der Waals surface area contributed by atoms with Crippen molar-refractivity contribution < 1.29 is 9.53 Å². The van der Waals surface area contributed by atoms with E-state index in [9.17, 15) is 4.79 Å². The predicted molar refractivity (Wildman–Crippen MR) is 108 cm³/mol. The molecule has 5 heteroatoms. The molecule has 3 aliphatic heterocycles. The van der Waals surface area contributed by atoms with Gasteiger partial charge in [0.05, 0.1) is 0 Å². The van der Waals surface area contributed by atoms with E-state index in [2.05, 4.69) is 34.2 Å². The van der Waals surface area contributed by atoms with Gasteiger partial charge >= 0.3 is 0 Å². The van der Waals surface area contributed by atoms with Crippen LogP contribution in [0.3, 0.4) is 0 Å². The highest BCUT2D eigenvalue weighted by Crippen LogP contribution is 2.28. The Morgan fingerprint density at radius 3 is 2.59 bits per heavy atom. The molecular weight excluding hydrogens is 338 g/mol. The van der Waals surface area contributed by atoms with Crippen LogP contribution in [0.15, 0.2) is 24.3 Å². The molecular formula is C22H33N3O2. The van der Waals surface area contributed by atoms with Crippen molar-refractivity contribution in [2.45, 2.75) is 51.1 Å². The topological polar surface area (TPSA) is 44.8 Å². The van der Waals surface area contributed by atoms with Crippen LogP contribution >= 0.6 is 0 Å². The molecule has 5 nitrogen and oxygen atoms in total. The van der Waals surface area contributed by atoms with E-state index in [1.165, 1.54) is 31.5 Å². The Hall–Kier alpha value is -1.59. The van der Waals surface area contributed by atoms with Crippen LogP contribution in [0.1, 0.15) is 49.4 Å². The number of amides is 1. The molecule has 1 N–H and O–H groups in total. The zero-order valence-corrected chi connectivity index (χ0v) is 16.5. The fraction of sp³-hybridized carbons (Fsp3) is 0.682. The van der Waals surface area contributed by atoms with Crippen molar-refractivity contribution in [1.29, 1.82) is 0 Å². The van der Waals surface area contributed by atoms with E-state index in [0.717, 1.165) is 57.3 Å². The molecule has 27 heavy (non-hydrogen) atoms. The Morgan fingerprint density at radius 2 is 1.89 bits per heavy atom. The minimum atomic E-state index is 0.0400. The average molecular weight is 372 g/mol. The number of carbonyl (C=O) groups excluding carboxylic acids is 1. The molecule has 1 amide bonds. The Bertz CT molecular complexity index is 627. The van der Waals surface area contributed by atoms with Crippen molar-refractivity contribution >= 4 is 11.6 Å². The van der Waals surface area contributed by atoms with Crippen molar-refractivity contribution in [3.63, 3.8) is 0 Å². The second-order valence-electron chi connectivity index (χ2n) is 8.43. The smallest absolute Gasteiger partial charge is 0.251 e. The number of hydrogen-bond acceptors (Lipinski definition) is 4. The van der Waals surface area contributed by atoms with Crippen LogP contribution in [0.2, 0.25) is 0 Å². The van der Waals surface area contributed by atoms with Crippen molar-refractivity contribution in [2.75, 3.05) is 44.3 Å². The fourth-order valence-corrected chi connectivity index (χ4v) is 4.86. The van der Waals surface area contributed by atoms with E-state index in [1.807, 2.05) is 12.1 Å². The molecule has 0 spiro atoms. The number of likely N-dealkylation sites (tertiary alicyclic amines) is 1. The van der Waals surface area contributed by atoms with Crippen molar-refractivity contribution in [3.8, 4) is 0 Å². The van der Waals surface area contributed by atoms with Gasteiger partial charge in [0.1, 0.15) is 0 Å². The molecule has 0 bridgehead atoms. The van der Waals surface area contributed by atoms with Crippen LogP contribution in [0.25, 0.3) is 0 Å². The molecule has 0 unspecified atom stereocenters. The summed E-state index contributed by atoms with van der Waals surface area (Å²) in [6.45, 7) is 8.24. The van der Waals surface area contributed by atoms with Gasteiger partial charge < -0.3 is 15.0 Å². The molecule has 3 aliphatic rings. The summed E-state index contributed by atoms with van der Waals surface area (Å²) in [5.74, 6) is 0.592. The van der Waals surface area contributed by atoms with Crippen LogP contribution in [-0.2, 0) is 4.74 Å². The normalized spacial score (nSPS) is 27.2. The minimum Gasteiger partial charge on any atom is -0.381 e. The van der Waals surface area contributed by atoms with Gasteiger partial charge in [-0.25, -0.2) is 0 Å². The summed E-state index contributed by atoms with van der Waals surface area (Å²) in [6.07, 6.45) is 6.02. The second-order valence-corrected chi connectivity index (χ2v) is 8.43. The third-order valence-electron chi connectivity index (χ3n) is 6.62. The minimum absolute atomic E-state index is 0.0400. The third-order valence-corrected chi connectivity index (χ3v) is 6.62. The Balaban J connectivity index is 1.29. The maximum absolute atomic E-state index is 12.4. The first-order chi connectivity index (χ1) is 13.2. The van der Waals surface area contributed by atoms with E-state index >= 15 is 0 Å². The fourth-order valence-electron chi connectivity index (χ4n) is 4.86. The lowest BCUT2D eigenvalue weighted by Crippen LogP contribution is -2.39. The molecule has 1 aromatic rings. The number of carbonyl (C=O) groups is 1. The van der Waals surface area contributed by atoms with Gasteiger partial charge in [-0.2, -0.15) is 0 Å². The first-order valence-electron chi connectivity index (χ1n) is 10.7. The molecule has 0 aliphatic carbocycles. The van der Waals surface area contributed by atoms with Crippen LogP contribution in [0, 0.1) is 5.92 Å². The lowest BCUT2D eigenvalue weighted by Gasteiger charge is -2.28. The monoisotopic (exact) mass is 371 g/mol. The van der Waals surface area contributed by atoms with Crippen molar-refractivity contribution in [2.24, 2.45) is 5.92 Å². The second kappa shape index (κ2) is 8.61. The maximum Gasteiger partial charge on any atom is 0.251 e. The average Bonchev–Trinajstić information content (AvgIpc) is 3.36. The Morgan fingerprint density at radius 1 is 1.11 bits per heavy atom. The Labute approximate surface area is 163 Å². The van der Waals surface area contributed by atoms with E-state index in [0.29, 0.717) is 12.0 Å². The van der Waals surface area contributed by atoms with E-state index in [1.54, 1.807) is 0 Å². The number of ether oxygens (including phenoxy) is 1. The molecule has 148 valence electrons. The first kappa shape index (κ1) is 18.8. The molecule has 0 radical (unpaired) electrons. The lowest BCUT2D eigenvalue weighted by molar-refractivity contribution is 0.0642. The van der Waals surface area contributed by atoms with E-state index in [4.69, 9.17) is 4.74 Å². The van der Waals surface area contributed by atoms with Crippen LogP contribution < -0.4 is 10.2 Å². The van der Waals surface area contributed by atoms with E-state index in [-0.39, 0.29) is 5.91 Å². The standard InChI is InChI=1S/C22H33N3O2/c1-17-3-2-11-25(17)21-8-12-24(16-21)20-6-4-19(5-7-20)22(26)23-15-18-9-13-27-14-10-18/h4-7,17-18,21H,2-3,8-16H2,1H3,(H,23,26)/t17-,21-/m0/s1. The quantitative estimate of drug-likeness (QED) is 0.864. The largest absolute Gasteiger partial charge is 0.381 e. The highest BCUT2D eigenvalue weighted by Gasteiger charge is 2.32. The summed E-state index contributed by atoms with van der Waals surface area (Å²) in [4.78, 5) is 17.6. The number of nitrogens with one attached hydrogen (secondary N) is 1. The lowest BCUT2D eigenvalue weighted by atomic mass is 10.0. The zero-order chi connectivity index (χ0) is 18.6. The van der Waals surface area contributed by atoms with Crippen molar-refractivity contribution in [1.82, 2.24) is 10.2 Å². The summed E-state index contributed by atoms with van der Waals surface area (Å²) >= 11 is 0. The molecule has 4 rings (SSSR count). The third kappa shape index (κ3) is 4.46.